The van der Waals surface area contributed by atoms with Crippen LogP contribution in [-0.4, -0.2) is 24.1 Å². The van der Waals surface area contributed by atoms with E-state index in [1.165, 1.54) is 38.6 Å². The molecule has 0 bridgehead atoms. The van der Waals surface area contributed by atoms with Crippen LogP contribution in [0.5, 0.6) is 0 Å². The summed E-state index contributed by atoms with van der Waals surface area (Å²) in [5.41, 5.74) is 0. The first kappa shape index (κ1) is 12.4. The molecule has 0 aliphatic heterocycles. The highest BCUT2D eigenvalue weighted by Crippen LogP contribution is 2.23. The van der Waals surface area contributed by atoms with Gasteiger partial charge in [-0.25, -0.2) is 0 Å². The minimum Gasteiger partial charge on any atom is -0.314 e. The topological polar surface area (TPSA) is 12.0 Å². The molecular formula is C12H25NS. The van der Waals surface area contributed by atoms with Crippen LogP contribution in [0, 0.1) is 5.92 Å². The lowest BCUT2D eigenvalue weighted by Crippen LogP contribution is -2.38. The molecule has 2 heteroatoms. The number of thioether (sulfide) groups is 1. The third-order valence-corrected chi connectivity index (χ3v) is 4.51. The second-order valence-electron chi connectivity index (χ2n) is 4.66. The Hall–Kier alpha value is 0.310. The van der Waals surface area contributed by atoms with E-state index in [0.29, 0.717) is 0 Å². The van der Waals surface area contributed by atoms with Crippen molar-refractivity contribution in [1.29, 1.82) is 0 Å². The molecule has 0 heterocycles. The summed E-state index contributed by atoms with van der Waals surface area (Å²) in [5.74, 6) is 0.897. The molecule has 0 aromatic heterocycles. The monoisotopic (exact) mass is 215 g/mol. The van der Waals surface area contributed by atoms with Gasteiger partial charge in [0.05, 0.1) is 0 Å². The van der Waals surface area contributed by atoms with Crippen LogP contribution in [-0.2, 0) is 0 Å². The van der Waals surface area contributed by atoms with Gasteiger partial charge in [0.15, 0.2) is 0 Å². The first-order valence-corrected chi connectivity index (χ1v) is 7.29. The van der Waals surface area contributed by atoms with Crippen LogP contribution in [0.4, 0.5) is 0 Å². The summed E-state index contributed by atoms with van der Waals surface area (Å²) in [6, 6.07) is 0.804. The molecular weight excluding hydrogens is 190 g/mol. The predicted molar refractivity (Wildman–Crippen MR) is 67.0 cm³/mol. The van der Waals surface area contributed by atoms with Gasteiger partial charge in [0.25, 0.3) is 0 Å². The van der Waals surface area contributed by atoms with Crippen LogP contribution in [0.25, 0.3) is 0 Å². The molecule has 0 aromatic carbocycles. The molecule has 1 N–H and O–H groups in total. The third kappa shape index (κ3) is 4.22. The van der Waals surface area contributed by atoms with Crippen molar-refractivity contribution in [1.82, 2.24) is 5.32 Å². The van der Waals surface area contributed by atoms with Crippen molar-refractivity contribution in [2.45, 2.75) is 57.2 Å². The molecule has 3 atom stereocenters. The van der Waals surface area contributed by atoms with Gasteiger partial charge in [0.2, 0.25) is 0 Å². The minimum absolute atomic E-state index is 0.804. The van der Waals surface area contributed by atoms with Crippen molar-refractivity contribution in [2.24, 2.45) is 5.92 Å². The average molecular weight is 215 g/mol. The Bertz CT molecular complexity index is 149. The van der Waals surface area contributed by atoms with E-state index in [0.717, 1.165) is 17.2 Å². The summed E-state index contributed by atoms with van der Waals surface area (Å²) in [6.07, 6.45) is 9.21. The van der Waals surface area contributed by atoms with E-state index in [1.54, 1.807) is 0 Å². The smallest absolute Gasteiger partial charge is 0.00926 e. The van der Waals surface area contributed by atoms with E-state index < -0.39 is 0 Å². The van der Waals surface area contributed by atoms with Gasteiger partial charge in [-0.05, 0) is 38.0 Å². The Morgan fingerprint density at radius 1 is 1.36 bits per heavy atom. The highest BCUT2D eigenvalue weighted by Gasteiger charge is 2.20. The molecule has 1 saturated carbocycles. The fourth-order valence-electron chi connectivity index (χ4n) is 2.21. The average Bonchev–Trinajstić information content (AvgIpc) is 2.20. The summed E-state index contributed by atoms with van der Waals surface area (Å²) in [4.78, 5) is 0. The summed E-state index contributed by atoms with van der Waals surface area (Å²) in [5, 5.41) is 4.53. The molecule has 1 rings (SSSR count). The van der Waals surface area contributed by atoms with Gasteiger partial charge in [0, 0.05) is 11.3 Å². The lowest BCUT2D eigenvalue weighted by molar-refractivity contribution is 0.280. The van der Waals surface area contributed by atoms with Crippen molar-refractivity contribution in [3.8, 4) is 0 Å². The molecule has 0 spiro atoms. The molecule has 84 valence electrons. The van der Waals surface area contributed by atoms with E-state index in [9.17, 15) is 0 Å². The molecule has 0 saturated heterocycles. The lowest BCUT2D eigenvalue weighted by Gasteiger charge is -2.30. The summed E-state index contributed by atoms with van der Waals surface area (Å²) >= 11 is 1.97. The lowest BCUT2D eigenvalue weighted by atomic mass is 9.86. The van der Waals surface area contributed by atoms with Gasteiger partial charge in [-0.1, -0.05) is 26.7 Å². The molecule has 0 aromatic rings. The molecule has 1 fully saturated rings. The quantitative estimate of drug-likeness (QED) is 0.755. The van der Waals surface area contributed by atoms with Gasteiger partial charge in [-0.15, -0.1) is 0 Å². The predicted octanol–water partition coefficient (Wildman–Crippen LogP) is 3.30. The van der Waals surface area contributed by atoms with E-state index in [1.807, 2.05) is 11.8 Å². The van der Waals surface area contributed by atoms with Crippen molar-refractivity contribution in [3.63, 3.8) is 0 Å². The number of rotatable bonds is 5. The molecule has 0 amide bonds. The Labute approximate surface area is 93.4 Å². The molecule has 3 unspecified atom stereocenters. The Balaban J connectivity index is 2.10. The molecule has 0 radical (unpaired) electrons. The van der Waals surface area contributed by atoms with Crippen molar-refractivity contribution >= 4 is 11.8 Å². The maximum atomic E-state index is 3.72. The Morgan fingerprint density at radius 2 is 2.07 bits per heavy atom. The van der Waals surface area contributed by atoms with Gasteiger partial charge < -0.3 is 5.32 Å². The fourth-order valence-corrected chi connectivity index (χ4v) is 2.56. The first-order valence-electron chi connectivity index (χ1n) is 6.00. The van der Waals surface area contributed by atoms with Gasteiger partial charge in [-0.3, -0.25) is 0 Å². The van der Waals surface area contributed by atoms with Gasteiger partial charge in [0.1, 0.15) is 0 Å². The Morgan fingerprint density at radius 3 is 2.71 bits per heavy atom. The third-order valence-electron chi connectivity index (χ3n) is 3.47. The van der Waals surface area contributed by atoms with Crippen LogP contribution in [0.15, 0.2) is 0 Å². The maximum Gasteiger partial charge on any atom is 0.00926 e. The molecule has 1 aliphatic rings. The largest absolute Gasteiger partial charge is 0.314 e. The van der Waals surface area contributed by atoms with Crippen molar-refractivity contribution in [3.05, 3.63) is 0 Å². The van der Waals surface area contributed by atoms with Gasteiger partial charge in [-0.2, -0.15) is 11.8 Å². The second-order valence-corrected chi connectivity index (χ2v) is 5.93. The number of nitrogens with one attached hydrogen (secondary N) is 1. The minimum atomic E-state index is 0.804. The van der Waals surface area contributed by atoms with Crippen LogP contribution < -0.4 is 5.32 Å². The van der Waals surface area contributed by atoms with Crippen LogP contribution >= 0.6 is 11.8 Å². The van der Waals surface area contributed by atoms with E-state index in [-0.39, 0.29) is 0 Å². The summed E-state index contributed by atoms with van der Waals surface area (Å²) in [6.45, 7) is 5.92. The van der Waals surface area contributed by atoms with Crippen LogP contribution in [0.1, 0.15) is 46.0 Å². The fraction of sp³-hybridized carbons (Fsp3) is 1.00. The van der Waals surface area contributed by atoms with E-state index >= 15 is 0 Å². The maximum absolute atomic E-state index is 3.72. The van der Waals surface area contributed by atoms with Crippen LogP contribution in [0.3, 0.4) is 0 Å². The molecule has 14 heavy (non-hydrogen) atoms. The zero-order valence-electron chi connectivity index (χ0n) is 9.88. The normalized spacial score (nSPS) is 30.2. The first-order chi connectivity index (χ1) is 6.74. The van der Waals surface area contributed by atoms with E-state index in [2.05, 4.69) is 25.4 Å². The standard InChI is InChI=1S/C12H25NS/c1-10-6-4-5-7-12(10)13-9-8-11(2)14-3/h10-13H,4-9H2,1-3H3. The number of hydrogen-bond acceptors (Lipinski definition) is 2. The van der Waals surface area contributed by atoms with Gasteiger partial charge >= 0.3 is 0 Å². The van der Waals surface area contributed by atoms with Crippen molar-refractivity contribution in [2.75, 3.05) is 12.8 Å². The number of hydrogen-bond donors (Lipinski definition) is 1. The zero-order chi connectivity index (χ0) is 10.4. The van der Waals surface area contributed by atoms with Crippen LogP contribution in [0.2, 0.25) is 0 Å². The second kappa shape index (κ2) is 6.73. The highest BCUT2D eigenvalue weighted by molar-refractivity contribution is 7.99. The molecule has 1 nitrogen and oxygen atoms in total. The SMILES string of the molecule is CSC(C)CCNC1CCCCC1C. The van der Waals surface area contributed by atoms with Crippen molar-refractivity contribution < 1.29 is 0 Å². The zero-order valence-corrected chi connectivity index (χ0v) is 10.7. The van der Waals surface area contributed by atoms with E-state index in [4.69, 9.17) is 0 Å². The summed E-state index contributed by atoms with van der Waals surface area (Å²) in [7, 11) is 0. The highest BCUT2D eigenvalue weighted by atomic mass is 32.2. The molecule has 1 aliphatic carbocycles. The Kier molecular flexibility index (Phi) is 5.95. The summed E-state index contributed by atoms with van der Waals surface area (Å²) < 4.78 is 0.